The van der Waals surface area contributed by atoms with Crippen molar-refractivity contribution in [3.8, 4) is 0 Å². The van der Waals surface area contributed by atoms with Crippen molar-refractivity contribution in [2.45, 2.75) is 25.9 Å². The second-order valence-electron chi connectivity index (χ2n) is 8.09. The summed E-state index contributed by atoms with van der Waals surface area (Å²) < 4.78 is 1.43. The molecule has 0 radical (unpaired) electrons. The molecule has 0 bridgehead atoms. The largest absolute Gasteiger partial charge is 0.338 e. The molecule has 1 fully saturated rings. The molecule has 8 heteroatoms. The molecule has 1 unspecified atom stereocenters. The summed E-state index contributed by atoms with van der Waals surface area (Å²) in [5.41, 5.74) is 2.63. The summed E-state index contributed by atoms with van der Waals surface area (Å²) in [6, 6.07) is 13.2. The van der Waals surface area contributed by atoms with E-state index in [9.17, 15) is 14.4 Å². The van der Waals surface area contributed by atoms with Gasteiger partial charge in [0.05, 0.1) is 28.7 Å². The van der Waals surface area contributed by atoms with E-state index in [4.69, 9.17) is 11.6 Å². The van der Waals surface area contributed by atoms with Crippen LogP contribution in [-0.4, -0.2) is 44.1 Å². The molecule has 31 heavy (non-hydrogen) atoms. The molecule has 2 aliphatic heterocycles. The van der Waals surface area contributed by atoms with Gasteiger partial charge in [0, 0.05) is 38.7 Å². The smallest absolute Gasteiger partial charge is 0.263 e. The zero-order chi connectivity index (χ0) is 21.5. The number of nitrogens with zero attached hydrogens (tertiary/aromatic N) is 4. The lowest BCUT2D eigenvalue weighted by atomic mass is 10.0. The summed E-state index contributed by atoms with van der Waals surface area (Å²) in [6.45, 7) is 1.61. The number of pyridine rings is 1. The Hall–Kier alpha value is -3.19. The van der Waals surface area contributed by atoms with Crippen molar-refractivity contribution < 1.29 is 9.59 Å². The fraction of sp³-hybridized carbons (Fsp3) is 0.304. The standard InChI is InChI=1S/C23H21ClN4O3/c24-17-6-7-20-25-19-8-9-26(14-18(19)23(31)28(20)13-17)22(30)16-10-21(29)27(12-16)11-15-4-2-1-3-5-15/h1-7,13,16H,8-12,14H2. The van der Waals surface area contributed by atoms with Crippen LogP contribution in [0, 0.1) is 5.92 Å². The first-order valence-electron chi connectivity index (χ1n) is 10.3. The van der Waals surface area contributed by atoms with Gasteiger partial charge in [0.2, 0.25) is 11.8 Å². The second-order valence-corrected chi connectivity index (χ2v) is 8.52. The van der Waals surface area contributed by atoms with Gasteiger partial charge >= 0.3 is 0 Å². The van der Waals surface area contributed by atoms with E-state index < -0.39 is 0 Å². The van der Waals surface area contributed by atoms with Crippen LogP contribution in [0.4, 0.5) is 0 Å². The molecule has 1 aromatic carbocycles. The Morgan fingerprint density at radius 2 is 1.94 bits per heavy atom. The molecule has 5 rings (SSSR count). The third kappa shape index (κ3) is 3.70. The van der Waals surface area contributed by atoms with Crippen LogP contribution in [-0.2, 0) is 29.1 Å². The lowest BCUT2D eigenvalue weighted by molar-refractivity contribution is -0.136. The first kappa shape index (κ1) is 19.8. The van der Waals surface area contributed by atoms with E-state index in [-0.39, 0.29) is 36.3 Å². The normalized spacial score (nSPS) is 18.5. The van der Waals surface area contributed by atoms with Crippen LogP contribution in [0.1, 0.15) is 23.2 Å². The second kappa shape index (κ2) is 7.81. The van der Waals surface area contributed by atoms with E-state index in [0.29, 0.717) is 42.3 Å². The molecule has 2 aliphatic rings. The molecule has 0 N–H and O–H groups in total. The van der Waals surface area contributed by atoms with Crippen molar-refractivity contribution in [2.75, 3.05) is 13.1 Å². The minimum atomic E-state index is -0.386. The number of halogens is 1. The van der Waals surface area contributed by atoms with Gasteiger partial charge in [-0.25, -0.2) is 4.98 Å². The molecule has 158 valence electrons. The van der Waals surface area contributed by atoms with Crippen molar-refractivity contribution in [1.29, 1.82) is 0 Å². The Balaban J connectivity index is 1.34. The lowest BCUT2D eigenvalue weighted by Crippen LogP contribution is -2.43. The average molecular weight is 437 g/mol. The van der Waals surface area contributed by atoms with Crippen molar-refractivity contribution in [1.82, 2.24) is 19.2 Å². The summed E-state index contributed by atoms with van der Waals surface area (Å²) in [5.74, 6) is -0.476. The van der Waals surface area contributed by atoms with Crippen LogP contribution in [0.3, 0.4) is 0 Å². The highest BCUT2D eigenvalue weighted by Gasteiger charge is 2.37. The molecule has 7 nitrogen and oxygen atoms in total. The molecular weight excluding hydrogens is 416 g/mol. The minimum absolute atomic E-state index is 0.0121. The maximum atomic E-state index is 13.2. The van der Waals surface area contributed by atoms with E-state index in [2.05, 4.69) is 4.98 Å². The van der Waals surface area contributed by atoms with Gasteiger partial charge in [-0.2, -0.15) is 0 Å². The van der Waals surface area contributed by atoms with Crippen molar-refractivity contribution in [3.05, 3.63) is 80.9 Å². The van der Waals surface area contributed by atoms with Gasteiger partial charge in [0.15, 0.2) is 0 Å². The highest BCUT2D eigenvalue weighted by atomic mass is 35.5. The van der Waals surface area contributed by atoms with Gasteiger partial charge in [-0.05, 0) is 17.7 Å². The van der Waals surface area contributed by atoms with E-state index in [1.54, 1.807) is 28.1 Å². The van der Waals surface area contributed by atoms with E-state index in [1.807, 2.05) is 30.3 Å². The van der Waals surface area contributed by atoms with Gasteiger partial charge in [0.1, 0.15) is 5.65 Å². The van der Waals surface area contributed by atoms with Crippen molar-refractivity contribution in [2.24, 2.45) is 5.92 Å². The number of hydrogen-bond acceptors (Lipinski definition) is 4. The molecule has 0 saturated carbocycles. The summed E-state index contributed by atoms with van der Waals surface area (Å²) in [4.78, 5) is 46.7. The van der Waals surface area contributed by atoms with Crippen LogP contribution in [0.5, 0.6) is 0 Å². The first-order valence-corrected chi connectivity index (χ1v) is 10.7. The Morgan fingerprint density at radius 1 is 1.13 bits per heavy atom. The molecule has 1 saturated heterocycles. The van der Waals surface area contributed by atoms with Crippen LogP contribution < -0.4 is 5.56 Å². The van der Waals surface area contributed by atoms with Crippen LogP contribution in [0.15, 0.2) is 53.5 Å². The Kier molecular flexibility index (Phi) is 4.98. The summed E-state index contributed by atoms with van der Waals surface area (Å²) >= 11 is 6.04. The quantitative estimate of drug-likeness (QED) is 0.631. The predicted octanol–water partition coefficient (Wildman–Crippen LogP) is 2.28. The Bertz CT molecular complexity index is 1240. The first-order chi connectivity index (χ1) is 15.0. The van der Waals surface area contributed by atoms with Gasteiger partial charge in [-0.1, -0.05) is 41.9 Å². The molecule has 0 aliphatic carbocycles. The molecule has 0 spiro atoms. The Morgan fingerprint density at radius 3 is 2.74 bits per heavy atom. The monoisotopic (exact) mass is 436 g/mol. The topological polar surface area (TPSA) is 75.0 Å². The van der Waals surface area contributed by atoms with Gasteiger partial charge in [-0.3, -0.25) is 18.8 Å². The Labute approximate surface area is 183 Å². The highest BCUT2D eigenvalue weighted by molar-refractivity contribution is 6.30. The maximum absolute atomic E-state index is 13.2. The lowest BCUT2D eigenvalue weighted by Gasteiger charge is -2.30. The van der Waals surface area contributed by atoms with Crippen molar-refractivity contribution in [3.63, 3.8) is 0 Å². The number of aromatic nitrogens is 2. The molecule has 2 aromatic heterocycles. The van der Waals surface area contributed by atoms with Crippen LogP contribution in [0.2, 0.25) is 5.02 Å². The van der Waals surface area contributed by atoms with Gasteiger partial charge < -0.3 is 9.80 Å². The number of benzene rings is 1. The van der Waals surface area contributed by atoms with Gasteiger partial charge in [0.25, 0.3) is 5.56 Å². The summed E-state index contributed by atoms with van der Waals surface area (Å²) in [7, 11) is 0. The molecule has 3 aromatic rings. The predicted molar refractivity (Wildman–Crippen MR) is 116 cm³/mol. The van der Waals surface area contributed by atoms with E-state index >= 15 is 0 Å². The number of carbonyl (C=O) groups is 2. The molecular formula is C23H21ClN4O3. The number of fused-ring (bicyclic) bond motifs is 2. The molecule has 4 heterocycles. The third-order valence-electron chi connectivity index (χ3n) is 6.02. The summed E-state index contributed by atoms with van der Waals surface area (Å²) in [6.07, 6.45) is 2.27. The number of carbonyl (C=O) groups excluding carboxylic acids is 2. The average Bonchev–Trinajstić information content (AvgIpc) is 3.14. The minimum Gasteiger partial charge on any atom is -0.338 e. The van der Waals surface area contributed by atoms with Crippen LogP contribution in [0.25, 0.3) is 5.65 Å². The van der Waals surface area contributed by atoms with Crippen LogP contribution >= 0.6 is 11.6 Å². The fourth-order valence-electron chi connectivity index (χ4n) is 4.41. The fourth-order valence-corrected chi connectivity index (χ4v) is 4.57. The highest BCUT2D eigenvalue weighted by Crippen LogP contribution is 2.25. The summed E-state index contributed by atoms with van der Waals surface area (Å²) in [5, 5.41) is 0.447. The SMILES string of the molecule is O=C1CC(C(=O)N2CCc3nc4ccc(Cl)cn4c(=O)c3C2)CN1Cc1ccccc1. The maximum Gasteiger partial charge on any atom is 0.263 e. The third-order valence-corrected chi connectivity index (χ3v) is 6.25. The number of hydrogen-bond donors (Lipinski definition) is 0. The molecule has 2 amide bonds. The zero-order valence-electron chi connectivity index (χ0n) is 16.8. The van der Waals surface area contributed by atoms with Crippen molar-refractivity contribution >= 4 is 29.1 Å². The number of rotatable bonds is 3. The molecule has 1 atom stereocenters. The zero-order valence-corrected chi connectivity index (χ0v) is 17.6. The van der Waals surface area contributed by atoms with E-state index in [1.165, 1.54) is 4.40 Å². The van der Waals surface area contributed by atoms with Gasteiger partial charge in [-0.15, -0.1) is 0 Å². The number of amides is 2. The number of likely N-dealkylation sites (tertiary alicyclic amines) is 1. The van der Waals surface area contributed by atoms with E-state index in [0.717, 1.165) is 11.3 Å².